The number of nitrogens with one attached hydrogen (secondary N) is 1. The molecular weight excluding hydrogens is 403 g/mol. The Bertz CT molecular complexity index is 968. The van der Waals surface area contributed by atoms with E-state index < -0.39 is 46.9 Å². The highest BCUT2D eigenvalue weighted by molar-refractivity contribution is 5.93. The first-order valence-corrected chi connectivity index (χ1v) is 9.67. The Morgan fingerprint density at radius 2 is 1.83 bits per heavy atom. The van der Waals surface area contributed by atoms with Crippen LogP contribution in [0, 0.1) is 23.4 Å². The van der Waals surface area contributed by atoms with Crippen molar-refractivity contribution < 1.29 is 32.4 Å². The summed E-state index contributed by atoms with van der Waals surface area (Å²) in [6, 6.07) is 1.55. The number of aromatic nitrogens is 1. The van der Waals surface area contributed by atoms with E-state index in [4.69, 9.17) is 4.52 Å². The molecule has 2 fully saturated rings. The molecule has 2 N–H and O–H groups in total. The summed E-state index contributed by atoms with van der Waals surface area (Å²) >= 11 is 0. The predicted molar refractivity (Wildman–Crippen MR) is 98.0 cm³/mol. The van der Waals surface area contributed by atoms with Crippen molar-refractivity contribution in [3.8, 4) is 11.3 Å². The van der Waals surface area contributed by atoms with Crippen LogP contribution in [0.25, 0.3) is 11.3 Å². The molecule has 1 aromatic heterocycles. The van der Waals surface area contributed by atoms with E-state index in [1.807, 2.05) is 6.92 Å². The lowest BCUT2D eigenvalue weighted by atomic mass is 9.85. The molecule has 2 aliphatic rings. The number of carboxylic acids is 1. The molecule has 7 nitrogen and oxygen atoms in total. The van der Waals surface area contributed by atoms with Crippen LogP contribution < -0.4 is 5.32 Å². The maximum atomic E-state index is 13.9. The fraction of sp³-hybridized carbons (Fsp3) is 0.450. The van der Waals surface area contributed by atoms with Crippen molar-refractivity contribution in [1.82, 2.24) is 15.4 Å². The van der Waals surface area contributed by atoms with Crippen LogP contribution in [0.3, 0.4) is 0 Å². The molecule has 10 heteroatoms. The second kappa shape index (κ2) is 7.75. The second-order valence-corrected chi connectivity index (χ2v) is 7.76. The van der Waals surface area contributed by atoms with E-state index in [1.165, 1.54) is 0 Å². The molecule has 1 aromatic carbocycles. The number of aliphatic carboxylic acids is 1. The highest BCUT2D eigenvalue weighted by Gasteiger charge is 2.45. The molecule has 160 valence electrons. The van der Waals surface area contributed by atoms with Gasteiger partial charge in [0.2, 0.25) is 0 Å². The minimum atomic E-state index is -1.19. The maximum absolute atomic E-state index is 13.9. The van der Waals surface area contributed by atoms with Crippen LogP contribution in [0.4, 0.5) is 13.2 Å². The van der Waals surface area contributed by atoms with Gasteiger partial charge < -0.3 is 14.9 Å². The van der Waals surface area contributed by atoms with Gasteiger partial charge in [0.1, 0.15) is 17.5 Å². The number of likely N-dealkylation sites (tertiary alicyclic amines) is 1. The summed E-state index contributed by atoms with van der Waals surface area (Å²) < 4.78 is 45.8. The molecule has 1 aliphatic carbocycles. The fourth-order valence-electron chi connectivity index (χ4n) is 4.20. The molecule has 0 bridgehead atoms. The Morgan fingerprint density at radius 3 is 2.43 bits per heavy atom. The monoisotopic (exact) mass is 423 g/mol. The molecule has 3 atom stereocenters. The summed E-state index contributed by atoms with van der Waals surface area (Å²) in [4.78, 5) is 26.6. The number of hydrogen-bond donors (Lipinski definition) is 2. The number of benzene rings is 1. The largest absolute Gasteiger partial charge is 0.481 e. The maximum Gasteiger partial charge on any atom is 0.310 e. The van der Waals surface area contributed by atoms with Gasteiger partial charge in [0.05, 0.1) is 11.5 Å². The lowest BCUT2D eigenvalue weighted by Crippen LogP contribution is -2.58. The van der Waals surface area contributed by atoms with E-state index in [0.717, 1.165) is 18.9 Å². The molecule has 1 aliphatic heterocycles. The average molecular weight is 423 g/mol. The SMILES string of the molecule is CC1[C@@H](C(=O)O)[C@@H](NC(=O)c2cc(-c3c(F)cc(F)cc3F)on2)CCN1C1CC1. The van der Waals surface area contributed by atoms with Crippen molar-refractivity contribution in [2.24, 2.45) is 5.92 Å². The Morgan fingerprint density at radius 1 is 1.17 bits per heavy atom. The minimum Gasteiger partial charge on any atom is -0.481 e. The molecule has 1 amide bonds. The van der Waals surface area contributed by atoms with Gasteiger partial charge in [-0.1, -0.05) is 5.16 Å². The summed E-state index contributed by atoms with van der Waals surface area (Å²) in [5, 5.41) is 15.9. The highest BCUT2D eigenvalue weighted by Crippen LogP contribution is 2.35. The van der Waals surface area contributed by atoms with Gasteiger partial charge in [-0.2, -0.15) is 0 Å². The summed E-state index contributed by atoms with van der Waals surface area (Å²) in [5.41, 5.74) is -0.896. The summed E-state index contributed by atoms with van der Waals surface area (Å²) in [7, 11) is 0. The van der Waals surface area contributed by atoms with E-state index in [0.29, 0.717) is 31.1 Å². The Hall–Kier alpha value is -2.88. The zero-order valence-corrected chi connectivity index (χ0v) is 16.1. The number of nitrogens with zero attached hydrogens (tertiary/aromatic N) is 2. The number of amides is 1. The van der Waals surface area contributed by atoms with E-state index in [2.05, 4.69) is 15.4 Å². The van der Waals surface area contributed by atoms with E-state index in [9.17, 15) is 27.9 Å². The van der Waals surface area contributed by atoms with Crippen molar-refractivity contribution in [2.75, 3.05) is 6.54 Å². The molecule has 1 saturated heterocycles. The third-order valence-electron chi connectivity index (χ3n) is 5.79. The smallest absolute Gasteiger partial charge is 0.310 e. The van der Waals surface area contributed by atoms with Gasteiger partial charge in [0, 0.05) is 42.9 Å². The first kappa shape index (κ1) is 20.4. The van der Waals surface area contributed by atoms with Crippen LogP contribution in [-0.2, 0) is 4.79 Å². The van der Waals surface area contributed by atoms with Gasteiger partial charge in [0.25, 0.3) is 5.91 Å². The summed E-state index contributed by atoms with van der Waals surface area (Å²) in [6.07, 6.45) is 2.55. The molecule has 0 radical (unpaired) electrons. The van der Waals surface area contributed by atoms with E-state index >= 15 is 0 Å². The lowest BCUT2D eigenvalue weighted by Gasteiger charge is -2.42. The molecular formula is C20H20F3N3O4. The predicted octanol–water partition coefficient (Wildman–Crippen LogP) is 2.81. The number of carbonyl (C=O) groups is 2. The fourth-order valence-corrected chi connectivity index (χ4v) is 4.20. The lowest BCUT2D eigenvalue weighted by molar-refractivity contribution is -0.147. The minimum absolute atomic E-state index is 0.246. The average Bonchev–Trinajstić information content (AvgIpc) is 3.37. The van der Waals surface area contributed by atoms with Crippen LogP contribution in [0.2, 0.25) is 0 Å². The number of hydrogen-bond acceptors (Lipinski definition) is 5. The third kappa shape index (κ3) is 3.79. The van der Waals surface area contributed by atoms with Gasteiger partial charge in [-0.3, -0.25) is 14.5 Å². The molecule has 1 unspecified atom stereocenters. The summed E-state index contributed by atoms with van der Waals surface area (Å²) in [5.74, 6) is -6.36. The number of halogens is 3. The molecule has 4 rings (SSSR count). The van der Waals surface area contributed by atoms with Gasteiger partial charge in [-0.05, 0) is 26.2 Å². The normalized spacial score (nSPS) is 24.6. The molecule has 30 heavy (non-hydrogen) atoms. The molecule has 0 spiro atoms. The zero-order chi connectivity index (χ0) is 21.6. The van der Waals surface area contributed by atoms with Crippen LogP contribution in [0.1, 0.15) is 36.7 Å². The Balaban J connectivity index is 1.51. The van der Waals surface area contributed by atoms with E-state index in [1.54, 1.807) is 0 Å². The van der Waals surface area contributed by atoms with Gasteiger partial charge in [-0.25, -0.2) is 13.2 Å². The van der Waals surface area contributed by atoms with Crippen molar-refractivity contribution in [3.05, 3.63) is 41.3 Å². The quantitative estimate of drug-likeness (QED) is 0.768. The van der Waals surface area contributed by atoms with Crippen LogP contribution >= 0.6 is 0 Å². The van der Waals surface area contributed by atoms with Crippen molar-refractivity contribution >= 4 is 11.9 Å². The van der Waals surface area contributed by atoms with E-state index in [-0.39, 0.29) is 17.5 Å². The molecule has 2 aromatic rings. The second-order valence-electron chi connectivity index (χ2n) is 7.76. The Labute approximate surface area is 169 Å². The van der Waals surface area contributed by atoms with Gasteiger partial charge >= 0.3 is 5.97 Å². The van der Waals surface area contributed by atoms with Gasteiger partial charge in [0.15, 0.2) is 11.5 Å². The number of rotatable bonds is 5. The van der Waals surface area contributed by atoms with Gasteiger partial charge in [-0.15, -0.1) is 0 Å². The Kier molecular flexibility index (Phi) is 5.27. The first-order valence-electron chi connectivity index (χ1n) is 9.67. The van der Waals surface area contributed by atoms with Crippen LogP contribution in [-0.4, -0.2) is 51.7 Å². The number of carboxylic acid groups (broad SMARTS) is 1. The standard InChI is InChI=1S/C20H20F3N3O4/c1-9-17(20(28)29)14(4-5-26(9)11-2-3-11)24-19(27)15-8-16(30-25-15)18-12(22)6-10(21)7-13(18)23/h6-9,11,14,17H,2-5H2,1H3,(H,24,27)(H,28,29)/t9?,14-,17+/m0/s1. The van der Waals surface area contributed by atoms with Crippen molar-refractivity contribution in [1.29, 1.82) is 0 Å². The molecule has 1 saturated carbocycles. The topological polar surface area (TPSA) is 95.7 Å². The van der Waals surface area contributed by atoms with Crippen LogP contribution in [0.5, 0.6) is 0 Å². The summed E-state index contributed by atoms with van der Waals surface area (Å²) in [6.45, 7) is 2.50. The highest BCUT2D eigenvalue weighted by atomic mass is 19.1. The third-order valence-corrected chi connectivity index (χ3v) is 5.79. The number of piperidine rings is 1. The zero-order valence-electron chi connectivity index (χ0n) is 16.1. The van der Waals surface area contributed by atoms with Crippen molar-refractivity contribution in [3.63, 3.8) is 0 Å². The van der Waals surface area contributed by atoms with Crippen LogP contribution in [0.15, 0.2) is 22.7 Å². The number of carbonyl (C=O) groups excluding carboxylic acids is 1. The molecule has 2 heterocycles. The first-order chi connectivity index (χ1) is 14.3. The van der Waals surface area contributed by atoms with Crippen molar-refractivity contribution in [2.45, 2.75) is 44.3 Å².